The SMILES string of the molecule is CC(c1ccccc1C(C)[Si](C)(C)Cl)[Si](C)(C)Cl. The number of halogens is 2. The van der Waals surface area contributed by atoms with Crippen LogP contribution in [0.15, 0.2) is 24.3 Å². The van der Waals surface area contributed by atoms with Crippen molar-refractivity contribution in [3.8, 4) is 0 Å². The van der Waals surface area contributed by atoms with Crippen LogP contribution in [0.25, 0.3) is 0 Å². The largest absolute Gasteiger partial charge is 0.167 e. The fourth-order valence-electron chi connectivity index (χ4n) is 2.04. The summed E-state index contributed by atoms with van der Waals surface area (Å²) in [5.74, 6) is 0. The van der Waals surface area contributed by atoms with Crippen LogP contribution >= 0.6 is 22.2 Å². The molecular weight excluding hydrogens is 295 g/mol. The summed E-state index contributed by atoms with van der Waals surface area (Å²) in [7, 11) is -3.39. The van der Waals surface area contributed by atoms with Crippen molar-refractivity contribution in [2.45, 2.75) is 51.1 Å². The Hall–Kier alpha value is 0.234. The molecule has 1 aromatic carbocycles. The molecule has 2 atom stereocenters. The van der Waals surface area contributed by atoms with E-state index in [-0.39, 0.29) is 0 Å². The van der Waals surface area contributed by atoms with Gasteiger partial charge in [-0.1, -0.05) is 64.3 Å². The van der Waals surface area contributed by atoms with Gasteiger partial charge in [-0.05, 0) is 22.2 Å². The fourth-order valence-corrected chi connectivity index (χ4v) is 4.75. The second-order valence-electron chi connectivity index (χ2n) is 6.20. The van der Waals surface area contributed by atoms with Gasteiger partial charge in [0.15, 0.2) is 14.8 Å². The molecule has 18 heavy (non-hydrogen) atoms. The molecule has 0 aromatic heterocycles. The van der Waals surface area contributed by atoms with E-state index in [4.69, 9.17) is 22.2 Å². The second kappa shape index (κ2) is 5.70. The Balaban J connectivity index is 3.23. The van der Waals surface area contributed by atoms with Gasteiger partial charge in [-0.3, -0.25) is 0 Å². The Kier molecular flexibility index (Phi) is 5.16. The van der Waals surface area contributed by atoms with E-state index in [2.05, 4.69) is 64.3 Å². The fraction of sp³-hybridized carbons (Fsp3) is 0.571. The summed E-state index contributed by atoms with van der Waals surface area (Å²) in [6, 6.07) is 8.68. The van der Waals surface area contributed by atoms with Crippen LogP contribution in [-0.4, -0.2) is 14.8 Å². The predicted molar refractivity (Wildman–Crippen MR) is 89.9 cm³/mol. The molecule has 0 nitrogen and oxygen atoms in total. The van der Waals surface area contributed by atoms with Gasteiger partial charge in [-0.15, -0.1) is 0 Å². The zero-order chi connectivity index (χ0) is 14.1. The normalized spacial score (nSPS) is 16.4. The molecule has 1 rings (SSSR count). The van der Waals surface area contributed by atoms with Gasteiger partial charge in [0.1, 0.15) is 0 Å². The summed E-state index contributed by atoms with van der Waals surface area (Å²) in [4.78, 5) is 0. The number of benzene rings is 1. The van der Waals surface area contributed by atoms with Gasteiger partial charge in [0, 0.05) is 0 Å². The van der Waals surface area contributed by atoms with Gasteiger partial charge < -0.3 is 0 Å². The van der Waals surface area contributed by atoms with Crippen molar-refractivity contribution in [1.29, 1.82) is 0 Å². The van der Waals surface area contributed by atoms with Crippen LogP contribution in [0.1, 0.15) is 36.1 Å². The van der Waals surface area contributed by atoms with Crippen LogP contribution in [0, 0.1) is 0 Å². The molecule has 0 amide bonds. The number of hydrogen-bond acceptors (Lipinski definition) is 0. The Morgan fingerprint density at radius 3 is 1.28 bits per heavy atom. The molecule has 4 heteroatoms. The minimum absolute atomic E-state index is 0.450. The second-order valence-corrected chi connectivity index (χ2v) is 20.0. The first-order valence-electron chi connectivity index (χ1n) is 6.51. The van der Waals surface area contributed by atoms with Crippen molar-refractivity contribution in [3.63, 3.8) is 0 Å². The van der Waals surface area contributed by atoms with Gasteiger partial charge in [-0.2, -0.15) is 22.2 Å². The minimum atomic E-state index is -1.69. The van der Waals surface area contributed by atoms with Crippen LogP contribution in [0.5, 0.6) is 0 Å². The smallest absolute Gasteiger partial charge is 0.157 e. The summed E-state index contributed by atoms with van der Waals surface area (Å²) in [6.07, 6.45) is 0. The van der Waals surface area contributed by atoms with Crippen molar-refractivity contribution in [2.75, 3.05) is 0 Å². The Morgan fingerprint density at radius 1 is 0.778 bits per heavy atom. The van der Waals surface area contributed by atoms with Crippen LogP contribution in [0.4, 0.5) is 0 Å². The molecule has 0 spiro atoms. The predicted octanol–water partition coefficient (Wildman–Crippen LogP) is 5.86. The highest BCUT2D eigenvalue weighted by molar-refractivity contribution is 7.20. The minimum Gasteiger partial charge on any atom is -0.167 e. The lowest BCUT2D eigenvalue weighted by atomic mass is 10.0. The number of rotatable bonds is 4. The molecule has 0 fully saturated rings. The first-order chi connectivity index (χ1) is 8.05. The summed E-state index contributed by atoms with van der Waals surface area (Å²) < 4.78 is 0. The van der Waals surface area contributed by atoms with E-state index >= 15 is 0 Å². The highest BCUT2D eigenvalue weighted by Gasteiger charge is 2.33. The van der Waals surface area contributed by atoms with Crippen LogP contribution in [0.2, 0.25) is 26.2 Å². The van der Waals surface area contributed by atoms with Crippen molar-refractivity contribution >= 4 is 36.9 Å². The third kappa shape index (κ3) is 3.86. The summed E-state index contributed by atoms with van der Waals surface area (Å²) in [5.41, 5.74) is 3.70. The summed E-state index contributed by atoms with van der Waals surface area (Å²) >= 11 is 13.3. The lowest BCUT2D eigenvalue weighted by Crippen LogP contribution is -2.31. The molecule has 0 saturated heterocycles. The van der Waals surface area contributed by atoms with Crippen molar-refractivity contribution in [3.05, 3.63) is 35.4 Å². The van der Waals surface area contributed by atoms with Gasteiger partial charge in [0.25, 0.3) is 0 Å². The third-order valence-corrected chi connectivity index (χ3v) is 10.7. The molecule has 0 heterocycles. The average molecular weight is 319 g/mol. The first kappa shape index (κ1) is 16.3. The standard InChI is InChI=1S/C14H24Cl2Si2/c1-11(17(3,4)15)13-9-7-8-10-14(13)12(2)18(5,6)16/h7-12H,1-6H3. The number of hydrogen-bond donors (Lipinski definition) is 0. The molecule has 0 aliphatic heterocycles. The van der Waals surface area contributed by atoms with Gasteiger partial charge >= 0.3 is 0 Å². The van der Waals surface area contributed by atoms with E-state index in [1.807, 2.05) is 0 Å². The molecule has 0 aliphatic rings. The molecule has 2 unspecified atom stereocenters. The van der Waals surface area contributed by atoms with Crippen molar-refractivity contribution < 1.29 is 0 Å². The maximum absolute atomic E-state index is 6.63. The highest BCUT2D eigenvalue weighted by Crippen LogP contribution is 2.38. The topological polar surface area (TPSA) is 0 Å². The molecule has 102 valence electrons. The van der Waals surface area contributed by atoms with E-state index in [0.717, 1.165) is 0 Å². The highest BCUT2D eigenvalue weighted by atomic mass is 35.6. The van der Waals surface area contributed by atoms with E-state index in [1.165, 1.54) is 11.1 Å². The monoisotopic (exact) mass is 318 g/mol. The van der Waals surface area contributed by atoms with Crippen LogP contribution < -0.4 is 0 Å². The van der Waals surface area contributed by atoms with Gasteiger partial charge in [-0.25, -0.2) is 0 Å². The van der Waals surface area contributed by atoms with E-state index < -0.39 is 14.8 Å². The molecule has 0 radical (unpaired) electrons. The maximum Gasteiger partial charge on any atom is 0.157 e. The lowest BCUT2D eigenvalue weighted by Gasteiger charge is -2.30. The van der Waals surface area contributed by atoms with Crippen LogP contribution in [-0.2, 0) is 0 Å². The van der Waals surface area contributed by atoms with Gasteiger partial charge in [0.05, 0.1) is 0 Å². The van der Waals surface area contributed by atoms with E-state index in [1.54, 1.807) is 0 Å². The summed E-state index contributed by atoms with van der Waals surface area (Å²) in [5, 5.41) is 0. The quantitative estimate of drug-likeness (QED) is 0.481. The third-order valence-electron chi connectivity index (χ3n) is 3.99. The zero-order valence-corrected chi connectivity index (χ0v) is 15.7. The first-order valence-corrected chi connectivity index (χ1v) is 14.7. The molecule has 0 bridgehead atoms. The summed E-state index contributed by atoms with van der Waals surface area (Å²) in [6.45, 7) is 13.4. The average Bonchev–Trinajstić information content (AvgIpc) is 2.24. The van der Waals surface area contributed by atoms with E-state index in [0.29, 0.717) is 11.1 Å². The Bertz CT molecular complexity index is 366. The molecule has 0 N–H and O–H groups in total. The van der Waals surface area contributed by atoms with E-state index in [9.17, 15) is 0 Å². The Morgan fingerprint density at radius 2 is 1.06 bits per heavy atom. The molecule has 1 aromatic rings. The molecule has 0 saturated carbocycles. The lowest BCUT2D eigenvalue weighted by molar-refractivity contribution is 0.945. The molecule has 0 aliphatic carbocycles. The van der Waals surface area contributed by atoms with Crippen molar-refractivity contribution in [1.82, 2.24) is 0 Å². The molecular formula is C14H24Cl2Si2. The maximum atomic E-state index is 6.63. The Labute approximate surface area is 123 Å². The van der Waals surface area contributed by atoms with Crippen LogP contribution in [0.3, 0.4) is 0 Å². The van der Waals surface area contributed by atoms with Gasteiger partial charge in [0.2, 0.25) is 0 Å². The zero-order valence-electron chi connectivity index (χ0n) is 12.2. The van der Waals surface area contributed by atoms with Crippen molar-refractivity contribution in [2.24, 2.45) is 0 Å².